The van der Waals surface area contributed by atoms with Crippen LogP contribution < -0.4 is 4.74 Å². The van der Waals surface area contributed by atoms with Gasteiger partial charge in [0.05, 0.1) is 7.11 Å². The summed E-state index contributed by atoms with van der Waals surface area (Å²) in [5.41, 5.74) is 2.94. The molecule has 0 radical (unpaired) electrons. The fourth-order valence-corrected chi connectivity index (χ4v) is 6.49. The maximum absolute atomic E-state index is 10.7. The van der Waals surface area contributed by atoms with Gasteiger partial charge in [0.1, 0.15) is 11.5 Å². The van der Waals surface area contributed by atoms with E-state index >= 15 is 0 Å². The highest BCUT2D eigenvalue weighted by atomic mass is 16.5. The van der Waals surface area contributed by atoms with Crippen molar-refractivity contribution in [1.82, 2.24) is 4.90 Å². The molecule has 1 heterocycles. The molecule has 2 bridgehead atoms. The lowest BCUT2D eigenvalue weighted by Crippen LogP contribution is -2.61. The number of ether oxygens (including phenoxy) is 1. The van der Waals surface area contributed by atoms with Crippen LogP contribution in [-0.2, 0) is 11.8 Å². The Bertz CT molecular complexity index is 668. The summed E-state index contributed by atoms with van der Waals surface area (Å²) in [6, 6.07) is 4.72. The number of benzene rings is 1. The van der Waals surface area contributed by atoms with Crippen LogP contribution in [0.25, 0.3) is 0 Å². The van der Waals surface area contributed by atoms with Crippen molar-refractivity contribution >= 4 is 0 Å². The Balaban J connectivity index is 1.57. The third-order valence-corrected chi connectivity index (χ3v) is 7.98. The van der Waals surface area contributed by atoms with Gasteiger partial charge in [-0.25, -0.2) is 0 Å². The van der Waals surface area contributed by atoms with Gasteiger partial charge in [0.15, 0.2) is 0 Å². The second-order valence-electron chi connectivity index (χ2n) is 8.99. The largest absolute Gasteiger partial charge is 0.508 e. The molecule has 3 nitrogen and oxygen atoms in total. The number of likely N-dealkylation sites (tertiary alicyclic amines) is 1. The van der Waals surface area contributed by atoms with Crippen LogP contribution in [0.2, 0.25) is 0 Å². The summed E-state index contributed by atoms with van der Waals surface area (Å²) in [6.07, 6.45) is 12.0. The predicted molar refractivity (Wildman–Crippen MR) is 99.3 cm³/mol. The average Bonchev–Trinajstić information content (AvgIpc) is 2.60. The predicted octanol–water partition coefficient (Wildman–Crippen LogP) is 4.26. The Morgan fingerprint density at radius 2 is 2.04 bits per heavy atom. The molecule has 1 aliphatic heterocycles. The quantitative estimate of drug-likeness (QED) is 0.892. The molecule has 5 rings (SSSR count). The SMILES string of the molecule is COc1cc(O)c2c(c1)[C@@]13CCCC[C@H]1[C@@H](C2)N(CC1CCC1)CC3. The first-order chi connectivity index (χ1) is 12.2. The summed E-state index contributed by atoms with van der Waals surface area (Å²) >= 11 is 0. The highest BCUT2D eigenvalue weighted by molar-refractivity contribution is 5.52. The molecule has 1 aromatic carbocycles. The second kappa shape index (κ2) is 5.90. The summed E-state index contributed by atoms with van der Waals surface area (Å²) in [4.78, 5) is 2.81. The number of rotatable bonds is 3. The van der Waals surface area contributed by atoms with Gasteiger partial charge in [0, 0.05) is 24.1 Å². The van der Waals surface area contributed by atoms with Crippen molar-refractivity contribution in [1.29, 1.82) is 0 Å². The number of hydrogen-bond donors (Lipinski definition) is 1. The number of phenols is 1. The molecule has 0 aromatic heterocycles. The Morgan fingerprint density at radius 3 is 2.80 bits per heavy atom. The minimum atomic E-state index is 0.290. The zero-order valence-corrected chi connectivity index (χ0v) is 15.5. The minimum Gasteiger partial charge on any atom is -0.508 e. The molecule has 3 fully saturated rings. The normalized spacial score (nSPS) is 34.8. The highest BCUT2D eigenvalue weighted by Crippen LogP contribution is 2.57. The minimum absolute atomic E-state index is 0.290. The zero-order chi connectivity index (χ0) is 17.0. The Hall–Kier alpha value is -1.22. The number of methoxy groups -OCH3 is 1. The molecule has 3 atom stereocenters. The number of nitrogens with zero attached hydrogens (tertiary/aromatic N) is 1. The summed E-state index contributed by atoms with van der Waals surface area (Å²) in [6.45, 7) is 2.54. The maximum Gasteiger partial charge on any atom is 0.122 e. The van der Waals surface area contributed by atoms with Gasteiger partial charge in [-0.2, -0.15) is 0 Å². The molecule has 1 N–H and O–H groups in total. The van der Waals surface area contributed by atoms with Crippen molar-refractivity contribution in [3.63, 3.8) is 0 Å². The first kappa shape index (κ1) is 16.0. The number of hydrogen-bond acceptors (Lipinski definition) is 3. The van der Waals surface area contributed by atoms with Crippen LogP contribution in [0.1, 0.15) is 62.5 Å². The molecule has 136 valence electrons. The van der Waals surface area contributed by atoms with Gasteiger partial charge in [-0.3, -0.25) is 4.90 Å². The summed E-state index contributed by atoms with van der Waals surface area (Å²) in [5.74, 6) is 2.99. The van der Waals surface area contributed by atoms with Gasteiger partial charge in [0.25, 0.3) is 0 Å². The summed E-state index contributed by atoms with van der Waals surface area (Å²) in [5, 5.41) is 10.7. The molecule has 3 heteroatoms. The lowest BCUT2D eigenvalue weighted by atomic mass is 9.52. The van der Waals surface area contributed by atoms with E-state index in [0.29, 0.717) is 17.2 Å². The Kier molecular flexibility index (Phi) is 3.78. The monoisotopic (exact) mass is 341 g/mol. The molecule has 3 aliphatic carbocycles. The highest BCUT2D eigenvalue weighted by Gasteiger charge is 2.54. The number of fused-ring (bicyclic) bond motifs is 1. The molecule has 0 amide bonds. The third-order valence-electron chi connectivity index (χ3n) is 7.98. The topological polar surface area (TPSA) is 32.7 Å². The maximum atomic E-state index is 10.7. The van der Waals surface area contributed by atoms with Gasteiger partial charge in [-0.15, -0.1) is 0 Å². The second-order valence-corrected chi connectivity index (χ2v) is 8.99. The molecule has 2 saturated carbocycles. The fourth-order valence-electron chi connectivity index (χ4n) is 6.49. The number of piperidine rings is 1. The molecular formula is C22H31NO2. The first-order valence-corrected chi connectivity index (χ1v) is 10.4. The molecule has 1 saturated heterocycles. The van der Waals surface area contributed by atoms with Crippen LogP contribution in [0.3, 0.4) is 0 Å². The van der Waals surface area contributed by atoms with E-state index in [9.17, 15) is 5.11 Å². The summed E-state index contributed by atoms with van der Waals surface area (Å²) in [7, 11) is 1.71. The van der Waals surface area contributed by atoms with Crippen molar-refractivity contribution in [3.8, 4) is 11.5 Å². The average molecular weight is 341 g/mol. The number of phenolic OH excluding ortho intramolecular Hbond substituents is 1. The first-order valence-electron chi connectivity index (χ1n) is 10.4. The van der Waals surface area contributed by atoms with Crippen molar-refractivity contribution in [2.24, 2.45) is 11.8 Å². The lowest BCUT2D eigenvalue weighted by Gasteiger charge is -2.59. The van der Waals surface area contributed by atoms with E-state index in [2.05, 4.69) is 11.0 Å². The van der Waals surface area contributed by atoms with E-state index in [1.54, 1.807) is 7.11 Å². The molecule has 4 aliphatic rings. The van der Waals surface area contributed by atoms with E-state index in [4.69, 9.17) is 4.74 Å². The number of aromatic hydroxyl groups is 1. The van der Waals surface area contributed by atoms with Crippen molar-refractivity contribution < 1.29 is 9.84 Å². The molecule has 25 heavy (non-hydrogen) atoms. The van der Waals surface area contributed by atoms with E-state index in [-0.39, 0.29) is 0 Å². The van der Waals surface area contributed by atoms with E-state index < -0.39 is 0 Å². The fraction of sp³-hybridized carbons (Fsp3) is 0.727. The standard InChI is InChI=1S/C22H31NO2/c1-25-16-11-19-17(21(24)12-16)13-20-18-7-2-3-8-22(18,19)9-10-23(20)14-15-5-4-6-15/h11-12,15,18,20,24H,2-10,13-14H2,1H3/t18-,20+,22+/m0/s1. The third kappa shape index (κ3) is 2.34. The summed E-state index contributed by atoms with van der Waals surface area (Å²) < 4.78 is 5.50. The van der Waals surface area contributed by atoms with Crippen LogP contribution in [-0.4, -0.2) is 36.2 Å². The van der Waals surface area contributed by atoms with Crippen LogP contribution in [0.4, 0.5) is 0 Å². The Labute approximate surface area is 151 Å². The van der Waals surface area contributed by atoms with Crippen LogP contribution in [0, 0.1) is 11.8 Å². The van der Waals surface area contributed by atoms with Gasteiger partial charge in [-0.05, 0) is 74.1 Å². The van der Waals surface area contributed by atoms with Crippen LogP contribution in [0.15, 0.2) is 12.1 Å². The molecular weight excluding hydrogens is 310 g/mol. The van der Waals surface area contributed by atoms with Crippen molar-refractivity contribution in [3.05, 3.63) is 23.3 Å². The van der Waals surface area contributed by atoms with Gasteiger partial charge < -0.3 is 9.84 Å². The molecule has 1 aromatic rings. The van der Waals surface area contributed by atoms with Gasteiger partial charge >= 0.3 is 0 Å². The van der Waals surface area contributed by atoms with Crippen LogP contribution >= 0.6 is 0 Å². The smallest absolute Gasteiger partial charge is 0.122 e. The van der Waals surface area contributed by atoms with E-state index in [1.165, 1.54) is 75.6 Å². The van der Waals surface area contributed by atoms with E-state index in [1.807, 2.05) is 6.07 Å². The van der Waals surface area contributed by atoms with Crippen molar-refractivity contribution in [2.75, 3.05) is 20.2 Å². The van der Waals surface area contributed by atoms with E-state index in [0.717, 1.165) is 24.0 Å². The van der Waals surface area contributed by atoms with Crippen LogP contribution in [0.5, 0.6) is 11.5 Å². The van der Waals surface area contributed by atoms with Gasteiger partial charge in [-0.1, -0.05) is 19.3 Å². The van der Waals surface area contributed by atoms with Gasteiger partial charge in [0.2, 0.25) is 0 Å². The Morgan fingerprint density at radius 1 is 1.16 bits per heavy atom. The van der Waals surface area contributed by atoms with Crippen molar-refractivity contribution in [2.45, 2.75) is 69.2 Å². The molecule has 0 spiro atoms. The zero-order valence-electron chi connectivity index (χ0n) is 15.5. The molecule has 0 unspecified atom stereocenters. The lowest BCUT2D eigenvalue weighted by molar-refractivity contribution is -0.0245.